The molecule has 10 nitrogen and oxygen atoms in total. The van der Waals surface area contributed by atoms with E-state index in [0.29, 0.717) is 34.9 Å². The lowest BCUT2D eigenvalue weighted by Crippen LogP contribution is -2.50. The summed E-state index contributed by atoms with van der Waals surface area (Å²) in [6.07, 6.45) is 1.17. The predicted octanol–water partition coefficient (Wildman–Crippen LogP) is 0.491. The number of amides is 1. The number of hydrogen-bond donors (Lipinski definition) is 2. The van der Waals surface area contributed by atoms with Gasteiger partial charge in [-0.3, -0.25) is 9.88 Å². The molecule has 30 heavy (non-hydrogen) atoms. The number of carbonyl (C=O) groups is 1. The third-order valence-corrected chi connectivity index (χ3v) is 4.71. The maximum atomic E-state index is 14.7. The molecule has 1 amide bonds. The summed E-state index contributed by atoms with van der Waals surface area (Å²) >= 11 is 0. The summed E-state index contributed by atoms with van der Waals surface area (Å²) in [5.74, 6) is -0.105. The molecule has 0 bridgehead atoms. The normalized spacial score (nSPS) is 16.2. The molecule has 2 aromatic heterocycles. The summed E-state index contributed by atoms with van der Waals surface area (Å²) < 4.78 is 19.7. The van der Waals surface area contributed by atoms with Crippen LogP contribution in [-0.4, -0.2) is 62.2 Å². The minimum atomic E-state index is -0.609. The van der Waals surface area contributed by atoms with Gasteiger partial charge in [-0.05, 0) is 29.5 Å². The van der Waals surface area contributed by atoms with Gasteiger partial charge in [0.1, 0.15) is 17.6 Å². The third-order valence-electron chi connectivity index (χ3n) is 4.71. The number of ether oxygens (including phenoxy) is 1. The van der Waals surface area contributed by atoms with Crippen molar-refractivity contribution in [1.82, 2.24) is 25.2 Å². The fourth-order valence-corrected chi connectivity index (χ4v) is 3.11. The highest BCUT2D eigenvalue weighted by molar-refractivity contribution is 5.90. The zero-order chi connectivity index (χ0) is 21.1. The number of benzene rings is 1. The molecule has 0 radical (unpaired) electrons. The van der Waals surface area contributed by atoms with Gasteiger partial charge in [0.25, 0.3) is 0 Å². The quantitative estimate of drug-likeness (QED) is 0.575. The van der Waals surface area contributed by atoms with Crippen LogP contribution in [0.2, 0.25) is 0 Å². The molecular formula is C19H21FN7O3+. The Morgan fingerprint density at radius 2 is 2.17 bits per heavy atom. The number of aryl methyl sites for hydroxylation is 1. The average molecular weight is 414 g/mol. The van der Waals surface area contributed by atoms with Crippen LogP contribution in [0, 0.1) is 5.82 Å². The highest BCUT2D eigenvalue weighted by Gasteiger charge is 2.32. The number of aromatic nitrogens is 5. The highest BCUT2D eigenvalue weighted by atomic mass is 19.1. The molecule has 156 valence electrons. The molecule has 3 aromatic rings. The second-order valence-corrected chi connectivity index (χ2v) is 6.81. The third kappa shape index (κ3) is 3.98. The van der Waals surface area contributed by atoms with Crippen molar-refractivity contribution in [1.29, 1.82) is 0 Å². The van der Waals surface area contributed by atoms with Gasteiger partial charge in [0.15, 0.2) is 0 Å². The van der Waals surface area contributed by atoms with E-state index in [-0.39, 0.29) is 13.2 Å². The predicted molar refractivity (Wildman–Crippen MR) is 104 cm³/mol. The van der Waals surface area contributed by atoms with Crippen molar-refractivity contribution in [2.45, 2.75) is 19.1 Å². The average Bonchev–Trinajstić information content (AvgIpc) is 3.39. The topological polar surface area (TPSA) is 134 Å². The SMILES string of the molecule is [NH3+]CCCn1nnc(-c2ccc(-c3ccc(N4C[C@H](CO)OC4=O)cc3F)cn2)n1. The van der Waals surface area contributed by atoms with E-state index in [1.807, 2.05) is 0 Å². The number of carbonyl (C=O) groups excluding carboxylic acids is 1. The molecule has 1 atom stereocenters. The first-order valence-corrected chi connectivity index (χ1v) is 9.51. The van der Waals surface area contributed by atoms with Crippen LogP contribution >= 0.6 is 0 Å². The number of pyridine rings is 1. The lowest BCUT2D eigenvalue weighted by molar-refractivity contribution is -0.368. The smallest absolute Gasteiger partial charge is 0.414 e. The summed E-state index contributed by atoms with van der Waals surface area (Å²) in [5.41, 5.74) is 5.60. The number of aliphatic hydroxyl groups excluding tert-OH is 1. The van der Waals surface area contributed by atoms with Crippen molar-refractivity contribution in [3.63, 3.8) is 0 Å². The summed E-state index contributed by atoms with van der Waals surface area (Å²) in [7, 11) is 0. The Kier molecular flexibility index (Phi) is 5.63. The van der Waals surface area contributed by atoms with E-state index < -0.39 is 18.0 Å². The maximum Gasteiger partial charge on any atom is 0.414 e. The second kappa shape index (κ2) is 8.51. The van der Waals surface area contributed by atoms with Crippen LogP contribution in [0.4, 0.5) is 14.9 Å². The molecule has 0 unspecified atom stereocenters. The number of hydrogen-bond acceptors (Lipinski definition) is 7. The number of rotatable bonds is 7. The maximum absolute atomic E-state index is 14.7. The molecule has 0 aliphatic carbocycles. The monoisotopic (exact) mass is 414 g/mol. The van der Waals surface area contributed by atoms with Crippen LogP contribution in [0.5, 0.6) is 0 Å². The summed E-state index contributed by atoms with van der Waals surface area (Å²) in [4.78, 5) is 19.0. The standard InChI is InChI=1S/C19H20FN7O3/c20-16-8-13(26-10-14(11-28)30-19(26)29)3-4-15(16)12-2-5-17(22-9-12)18-23-25-27(24-18)7-1-6-21/h2-5,8-9,14,28H,1,6-7,10-11,21H2/p+1/t14-/m1/s1. The number of aliphatic hydroxyl groups is 1. The zero-order valence-corrected chi connectivity index (χ0v) is 16.1. The Bertz CT molecular complexity index is 1040. The molecule has 4 rings (SSSR count). The van der Waals surface area contributed by atoms with Crippen molar-refractivity contribution in [3.8, 4) is 22.6 Å². The van der Waals surface area contributed by atoms with Gasteiger partial charge in [0, 0.05) is 23.7 Å². The first-order valence-electron chi connectivity index (χ1n) is 9.51. The largest absolute Gasteiger partial charge is 0.441 e. The number of quaternary nitrogens is 1. The number of halogens is 1. The minimum Gasteiger partial charge on any atom is -0.441 e. The van der Waals surface area contributed by atoms with E-state index >= 15 is 0 Å². The van der Waals surface area contributed by atoms with Crippen LogP contribution < -0.4 is 10.6 Å². The fraction of sp³-hybridized carbons (Fsp3) is 0.316. The molecular weight excluding hydrogens is 393 g/mol. The lowest BCUT2D eigenvalue weighted by atomic mass is 10.1. The van der Waals surface area contributed by atoms with E-state index in [4.69, 9.17) is 9.84 Å². The fourth-order valence-electron chi connectivity index (χ4n) is 3.11. The van der Waals surface area contributed by atoms with Gasteiger partial charge in [0.2, 0.25) is 5.82 Å². The van der Waals surface area contributed by atoms with E-state index in [1.165, 1.54) is 22.0 Å². The van der Waals surface area contributed by atoms with Crippen molar-refractivity contribution >= 4 is 11.8 Å². The van der Waals surface area contributed by atoms with Crippen molar-refractivity contribution in [3.05, 3.63) is 42.3 Å². The van der Waals surface area contributed by atoms with Crippen LogP contribution in [0.3, 0.4) is 0 Å². The Hall–Kier alpha value is -3.44. The number of nitrogens with zero attached hydrogens (tertiary/aromatic N) is 6. The molecule has 3 heterocycles. The van der Waals surface area contributed by atoms with Crippen molar-refractivity contribution < 1.29 is 24.8 Å². The lowest BCUT2D eigenvalue weighted by Gasteiger charge is -2.14. The molecule has 1 aliphatic rings. The molecule has 1 aromatic carbocycles. The van der Waals surface area contributed by atoms with Gasteiger partial charge in [0.05, 0.1) is 31.9 Å². The van der Waals surface area contributed by atoms with Gasteiger partial charge in [-0.2, -0.15) is 4.80 Å². The molecule has 4 N–H and O–H groups in total. The summed E-state index contributed by atoms with van der Waals surface area (Å²) in [5, 5.41) is 21.4. The second-order valence-electron chi connectivity index (χ2n) is 6.81. The van der Waals surface area contributed by atoms with Crippen LogP contribution in [0.1, 0.15) is 6.42 Å². The van der Waals surface area contributed by atoms with Crippen LogP contribution in [-0.2, 0) is 11.3 Å². The zero-order valence-electron chi connectivity index (χ0n) is 16.1. The summed E-state index contributed by atoms with van der Waals surface area (Å²) in [6, 6.07) is 7.90. The Balaban J connectivity index is 1.52. The number of anilines is 1. The Morgan fingerprint density at radius 3 is 2.83 bits per heavy atom. The molecule has 0 saturated carbocycles. The van der Waals surface area contributed by atoms with Crippen molar-refractivity contribution in [2.24, 2.45) is 0 Å². The first-order chi connectivity index (χ1) is 14.6. The number of cyclic esters (lactones) is 1. The van der Waals surface area contributed by atoms with E-state index in [0.717, 1.165) is 13.0 Å². The van der Waals surface area contributed by atoms with Crippen LogP contribution in [0.25, 0.3) is 22.6 Å². The number of tetrazole rings is 1. The van der Waals surface area contributed by atoms with Gasteiger partial charge >= 0.3 is 6.09 Å². The van der Waals surface area contributed by atoms with Gasteiger partial charge in [-0.1, -0.05) is 6.07 Å². The van der Waals surface area contributed by atoms with E-state index in [1.54, 1.807) is 24.3 Å². The Labute approximate surface area is 171 Å². The molecule has 1 saturated heterocycles. The first kappa shape index (κ1) is 19.9. The molecule has 11 heteroatoms. The van der Waals surface area contributed by atoms with E-state index in [2.05, 4.69) is 26.1 Å². The molecule has 0 spiro atoms. The van der Waals surface area contributed by atoms with Crippen LogP contribution in [0.15, 0.2) is 36.5 Å². The van der Waals surface area contributed by atoms with Gasteiger partial charge < -0.3 is 15.6 Å². The minimum absolute atomic E-state index is 0.173. The Morgan fingerprint density at radius 1 is 1.30 bits per heavy atom. The summed E-state index contributed by atoms with van der Waals surface area (Å²) in [6.45, 7) is 1.32. The molecule has 1 fully saturated rings. The molecule has 1 aliphatic heterocycles. The highest BCUT2D eigenvalue weighted by Crippen LogP contribution is 2.29. The van der Waals surface area contributed by atoms with Gasteiger partial charge in [-0.25, -0.2) is 9.18 Å². The van der Waals surface area contributed by atoms with Gasteiger partial charge in [-0.15, -0.1) is 10.2 Å². The van der Waals surface area contributed by atoms with E-state index in [9.17, 15) is 9.18 Å². The van der Waals surface area contributed by atoms with Crippen molar-refractivity contribution in [2.75, 3.05) is 24.6 Å².